The predicted molar refractivity (Wildman–Crippen MR) is 94.3 cm³/mol. The highest BCUT2D eigenvalue weighted by atomic mass is 16.5. The molecule has 1 aliphatic heterocycles. The van der Waals surface area contributed by atoms with Crippen molar-refractivity contribution in [3.05, 3.63) is 42.2 Å². The normalized spacial score (nSPS) is 17.0. The first kappa shape index (κ1) is 17.0. The summed E-state index contributed by atoms with van der Waals surface area (Å²) < 4.78 is 10.3. The molecule has 1 N–H and O–H groups in total. The Kier molecular flexibility index (Phi) is 5.33. The SMILES string of the molecule is COc1cccc(N2CCC[C@H](NC(=O)c3ccnc(OC)n3)C2)c1. The maximum absolute atomic E-state index is 12.4. The number of ether oxygens (including phenoxy) is 2. The largest absolute Gasteiger partial charge is 0.497 e. The van der Waals surface area contributed by atoms with Gasteiger partial charge < -0.3 is 19.7 Å². The number of hydrogen-bond donors (Lipinski definition) is 1. The summed E-state index contributed by atoms with van der Waals surface area (Å²) in [4.78, 5) is 22.7. The zero-order valence-electron chi connectivity index (χ0n) is 14.4. The Hall–Kier alpha value is -2.83. The van der Waals surface area contributed by atoms with E-state index < -0.39 is 0 Å². The number of aromatic nitrogens is 2. The summed E-state index contributed by atoms with van der Waals surface area (Å²) in [6.45, 7) is 1.71. The highest BCUT2D eigenvalue weighted by Gasteiger charge is 2.23. The highest BCUT2D eigenvalue weighted by molar-refractivity contribution is 5.92. The Morgan fingerprint density at radius 2 is 2.16 bits per heavy atom. The van der Waals surface area contributed by atoms with Crippen LogP contribution in [0, 0.1) is 0 Å². The quantitative estimate of drug-likeness (QED) is 0.894. The Labute approximate surface area is 147 Å². The molecular formula is C18H22N4O3. The Morgan fingerprint density at radius 1 is 1.28 bits per heavy atom. The molecule has 1 fully saturated rings. The molecule has 0 aliphatic carbocycles. The van der Waals surface area contributed by atoms with Gasteiger partial charge in [-0.1, -0.05) is 6.07 Å². The van der Waals surface area contributed by atoms with Crippen molar-refractivity contribution < 1.29 is 14.3 Å². The van der Waals surface area contributed by atoms with Crippen LogP contribution >= 0.6 is 0 Å². The van der Waals surface area contributed by atoms with E-state index in [9.17, 15) is 4.79 Å². The molecule has 1 aromatic heterocycles. The topological polar surface area (TPSA) is 76.6 Å². The van der Waals surface area contributed by atoms with Crippen LogP contribution in [0.15, 0.2) is 36.5 Å². The molecule has 3 rings (SSSR count). The van der Waals surface area contributed by atoms with Crippen LogP contribution in [0.5, 0.6) is 11.8 Å². The van der Waals surface area contributed by atoms with Gasteiger partial charge in [-0.05, 0) is 31.0 Å². The molecule has 0 spiro atoms. The lowest BCUT2D eigenvalue weighted by Crippen LogP contribution is -2.48. The van der Waals surface area contributed by atoms with Crippen LogP contribution in [0.4, 0.5) is 5.69 Å². The van der Waals surface area contributed by atoms with Gasteiger partial charge in [0.1, 0.15) is 11.4 Å². The van der Waals surface area contributed by atoms with Gasteiger partial charge in [-0.2, -0.15) is 4.98 Å². The number of amides is 1. The van der Waals surface area contributed by atoms with Crippen molar-refractivity contribution in [3.63, 3.8) is 0 Å². The molecule has 1 saturated heterocycles. The molecule has 1 aromatic carbocycles. The van der Waals surface area contributed by atoms with Gasteiger partial charge in [-0.3, -0.25) is 4.79 Å². The van der Waals surface area contributed by atoms with Gasteiger partial charge in [-0.15, -0.1) is 0 Å². The van der Waals surface area contributed by atoms with Gasteiger partial charge in [0.2, 0.25) is 0 Å². The average Bonchev–Trinajstić information content (AvgIpc) is 2.68. The molecule has 1 amide bonds. The predicted octanol–water partition coefficient (Wildman–Crippen LogP) is 1.89. The fraction of sp³-hybridized carbons (Fsp3) is 0.389. The van der Waals surface area contributed by atoms with E-state index in [2.05, 4.69) is 26.3 Å². The summed E-state index contributed by atoms with van der Waals surface area (Å²) >= 11 is 0. The number of hydrogen-bond acceptors (Lipinski definition) is 6. The third kappa shape index (κ3) is 4.17. The van der Waals surface area contributed by atoms with E-state index in [1.807, 2.05) is 18.2 Å². The van der Waals surface area contributed by atoms with Crippen LogP contribution in [0.25, 0.3) is 0 Å². The molecule has 25 heavy (non-hydrogen) atoms. The number of carbonyl (C=O) groups excluding carboxylic acids is 1. The minimum Gasteiger partial charge on any atom is -0.497 e. The summed E-state index contributed by atoms with van der Waals surface area (Å²) in [7, 11) is 3.14. The summed E-state index contributed by atoms with van der Waals surface area (Å²) in [5, 5.41) is 3.06. The highest BCUT2D eigenvalue weighted by Crippen LogP contribution is 2.24. The molecule has 2 heterocycles. The van der Waals surface area contributed by atoms with E-state index in [0.717, 1.165) is 37.4 Å². The lowest BCUT2D eigenvalue weighted by molar-refractivity contribution is 0.0927. The first-order chi connectivity index (χ1) is 12.2. The standard InChI is InChI=1S/C18H22N4O3/c1-24-15-7-3-6-14(11-15)22-10-4-5-13(12-22)20-17(23)16-8-9-19-18(21-16)25-2/h3,6-9,11,13H,4-5,10,12H2,1-2H3,(H,20,23)/t13-/m0/s1. The molecule has 1 aliphatic rings. The van der Waals surface area contributed by atoms with E-state index in [1.54, 1.807) is 13.2 Å². The minimum atomic E-state index is -0.210. The molecular weight excluding hydrogens is 320 g/mol. The summed E-state index contributed by atoms with van der Waals surface area (Å²) in [5.41, 5.74) is 1.41. The number of rotatable bonds is 5. The molecule has 2 aromatic rings. The molecule has 7 heteroatoms. The number of nitrogens with zero attached hydrogens (tertiary/aromatic N) is 3. The first-order valence-electron chi connectivity index (χ1n) is 8.26. The molecule has 132 valence electrons. The van der Waals surface area contributed by atoms with Crippen molar-refractivity contribution in [2.45, 2.75) is 18.9 Å². The molecule has 7 nitrogen and oxygen atoms in total. The van der Waals surface area contributed by atoms with Crippen molar-refractivity contribution in [1.29, 1.82) is 0 Å². The zero-order chi connectivity index (χ0) is 17.6. The number of benzene rings is 1. The number of piperidine rings is 1. The maximum Gasteiger partial charge on any atom is 0.316 e. The van der Waals surface area contributed by atoms with E-state index in [0.29, 0.717) is 5.69 Å². The van der Waals surface area contributed by atoms with Crippen molar-refractivity contribution in [2.75, 3.05) is 32.2 Å². The Morgan fingerprint density at radius 3 is 2.96 bits per heavy atom. The second-order valence-corrected chi connectivity index (χ2v) is 5.89. The summed E-state index contributed by atoms with van der Waals surface area (Å²) in [5.74, 6) is 0.620. The van der Waals surface area contributed by atoms with E-state index in [1.165, 1.54) is 13.3 Å². The molecule has 0 radical (unpaired) electrons. The molecule has 0 saturated carbocycles. The monoisotopic (exact) mass is 342 g/mol. The number of nitrogens with one attached hydrogen (secondary N) is 1. The van der Waals surface area contributed by atoms with Gasteiger partial charge in [0.15, 0.2) is 0 Å². The van der Waals surface area contributed by atoms with Crippen LogP contribution in [0.1, 0.15) is 23.3 Å². The molecule has 1 atom stereocenters. The van der Waals surface area contributed by atoms with E-state index in [4.69, 9.17) is 9.47 Å². The maximum atomic E-state index is 12.4. The summed E-state index contributed by atoms with van der Waals surface area (Å²) in [6.07, 6.45) is 3.47. The minimum absolute atomic E-state index is 0.0633. The Balaban J connectivity index is 1.65. The second-order valence-electron chi connectivity index (χ2n) is 5.89. The smallest absolute Gasteiger partial charge is 0.316 e. The fourth-order valence-electron chi connectivity index (χ4n) is 2.96. The number of carbonyl (C=O) groups is 1. The average molecular weight is 342 g/mol. The zero-order valence-corrected chi connectivity index (χ0v) is 14.4. The molecule has 0 unspecified atom stereocenters. The van der Waals surface area contributed by atoms with Crippen LogP contribution < -0.4 is 19.7 Å². The Bertz CT molecular complexity index is 738. The van der Waals surface area contributed by atoms with Crippen LogP contribution in [0.2, 0.25) is 0 Å². The number of methoxy groups -OCH3 is 2. The van der Waals surface area contributed by atoms with E-state index >= 15 is 0 Å². The van der Waals surface area contributed by atoms with Crippen LogP contribution in [-0.2, 0) is 0 Å². The van der Waals surface area contributed by atoms with Crippen molar-refractivity contribution >= 4 is 11.6 Å². The van der Waals surface area contributed by atoms with Crippen molar-refractivity contribution in [3.8, 4) is 11.8 Å². The van der Waals surface area contributed by atoms with Gasteiger partial charge in [0.25, 0.3) is 5.91 Å². The first-order valence-corrected chi connectivity index (χ1v) is 8.26. The van der Waals surface area contributed by atoms with E-state index in [-0.39, 0.29) is 18.0 Å². The van der Waals surface area contributed by atoms with Gasteiger partial charge in [0, 0.05) is 37.1 Å². The van der Waals surface area contributed by atoms with Gasteiger partial charge >= 0.3 is 6.01 Å². The third-order valence-electron chi connectivity index (χ3n) is 4.22. The van der Waals surface area contributed by atoms with Crippen molar-refractivity contribution in [2.24, 2.45) is 0 Å². The van der Waals surface area contributed by atoms with Crippen LogP contribution in [-0.4, -0.2) is 49.2 Å². The molecule has 0 bridgehead atoms. The third-order valence-corrected chi connectivity index (χ3v) is 4.22. The fourth-order valence-corrected chi connectivity index (χ4v) is 2.96. The van der Waals surface area contributed by atoms with Gasteiger partial charge in [-0.25, -0.2) is 4.98 Å². The van der Waals surface area contributed by atoms with Crippen molar-refractivity contribution in [1.82, 2.24) is 15.3 Å². The van der Waals surface area contributed by atoms with Crippen LogP contribution in [0.3, 0.4) is 0 Å². The number of anilines is 1. The lowest BCUT2D eigenvalue weighted by atomic mass is 10.0. The second kappa shape index (κ2) is 7.83. The van der Waals surface area contributed by atoms with Gasteiger partial charge in [0.05, 0.1) is 14.2 Å². The summed E-state index contributed by atoms with van der Waals surface area (Å²) in [6, 6.07) is 9.81. The lowest BCUT2D eigenvalue weighted by Gasteiger charge is -2.34.